The molecule has 102 valence electrons. The van der Waals surface area contributed by atoms with Gasteiger partial charge in [-0.05, 0) is 26.7 Å². The first-order chi connectivity index (χ1) is 9.08. The Labute approximate surface area is 111 Å². The predicted molar refractivity (Wildman–Crippen MR) is 66.7 cm³/mol. The minimum absolute atomic E-state index is 0.0580. The lowest BCUT2D eigenvalue weighted by Gasteiger charge is -2.12. The lowest BCUT2D eigenvalue weighted by molar-refractivity contribution is -0.153. The SMILES string of the molecule is CC1=C(C)C(O/C=C2/C(=O)NC3CCCC23)OC1=O. The van der Waals surface area contributed by atoms with Crippen molar-refractivity contribution < 1.29 is 19.1 Å². The highest BCUT2D eigenvalue weighted by Gasteiger charge is 2.41. The van der Waals surface area contributed by atoms with E-state index in [1.54, 1.807) is 13.8 Å². The number of amides is 1. The minimum Gasteiger partial charge on any atom is -0.458 e. The molecule has 3 rings (SSSR count). The molecule has 0 radical (unpaired) electrons. The Morgan fingerprint density at radius 3 is 2.79 bits per heavy atom. The van der Waals surface area contributed by atoms with Crippen LogP contribution in [-0.4, -0.2) is 24.2 Å². The number of nitrogens with one attached hydrogen (secondary N) is 1. The third-order valence-corrected chi connectivity index (χ3v) is 4.28. The summed E-state index contributed by atoms with van der Waals surface area (Å²) in [7, 11) is 0. The van der Waals surface area contributed by atoms with E-state index >= 15 is 0 Å². The Bertz CT molecular complexity index is 506. The molecule has 0 bridgehead atoms. The van der Waals surface area contributed by atoms with Gasteiger partial charge in [0.25, 0.3) is 12.2 Å². The minimum atomic E-state index is -0.687. The molecule has 1 amide bonds. The average molecular weight is 263 g/mol. The maximum Gasteiger partial charge on any atom is 0.337 e. The van der Waals surface area contributed by atoms with Gasteiger partial charge in [0.15, 0.2) is 0 Å². The van der Waals surface area contributed by atoms with E-state index in [-0.39, 0.29) is 23.8 Å². The van der Waals surface area contributed by atoms with Gasteiger partial charge in [-0.1, -0.05) is 6.42 Å². The van der Waals surface area contributed by atoms with E-state index in [9.17, 15) is 9.59 Å². The van der Waals surface area contributed by atoms with Gasteiger partial charge in [0, 0.05) is 23.1 Å². The van der Waals surface area contributed by atoms with E-state index in [4.69, 9.17) is 9.47 Å². The van der Waals surface area contributed by atoms with Gasteiger partial charge in [-0.25, -0.2) is 4.79 Å². The molecule has 3 aliphatic rings. The van der Waals surface area contributed by atoms with Crippen LogP contribution in [-0.2, 0) is 19.1 Å². The van der Waals surface area contributed by atoms with Crippen molar-refractivity contribution in [2.24, 2.45) is 5.92 Å². The van der Waals surface area contributed by atoms with Crippen LogP contribution in [0.3, 0.4) is 0 Å². The fourth-order valence-corrected chi connectivity index (χ4v) is 2.94. The zero-order valence-corrected chi connectivity index (χ0v) is 11.1. The highest BCUT2D eigenvalue weighted by Crippen LogP contribution is 2.36. The standard InChI is InChI=1S/C14H17NO4/c1-7-8(2)14(19-13(7)17)18-6-10-9-4-3-5-11(9)15-12(10)16/h6,9,11,14H,3-5H2,1-2H3,(H,15,16)/b10-6+. The second-order valence-corrected chi connectivity index (χ2v) is 5.37. The van der Waals surface area contributed by atoms with Crippen molar-refractivity contribution in [1.82, 2.24) is 5.32 Å². The van der Waals surface area contributed by atoms with Crippen LogP contribution < -0.4 is 5.32 Å². The van der Waals surface area contributed by atoms with E-state index < -0.39 is 6.29 Å². The summed E-state index contributed by atoms with van der Waals surface area (Å²) >= 11 is 0. The number of fused-ring (bicyclic) bond motifs is 1. The van der Waals surface area contributed by atoms with Crippen molar-refractivity contribution >= 4 is 11.9 Å². The van der Waals surface area contributed by atoms with Gasteiger partial charge in [-0.15, -0.1) is 0 Å². The summed E-state index contributed by atoms with van der Waals surface area (Å²) in [4.78, 5) is 23.2. The van der Waals surface area contributed by atoms with Crippen molar-refractivity contribution in [3.8, 4) is 0 Å². The van der Waals surface area contributed by atoms with Crippen LogP contribution >= 0.6 is 0 Å². The fraction of sp³-hybridized carbons (Fsp3) is 0.571. The number of ether oxygens (including phenoxy) is 2. The summed E-state index contributed by atoms with van der Waals surface area (Å²) in [5.74, 6) is -0.164. The number of rotatable bonds is 2. The first kappa shape index (κ1) is 12.3. The summed E-state index contributed by atoms with van der Waals surface area (Å²) in [6.45, 7) is 3.51. The molecule has 1 saturated heterocycles. The molecule has 2 aliphatic heterocycles. The normalized spacial score (nSPS) is 35.7. The molecular weight excluding hydrogens is 246 g/mol. The van der Waals surface area contributed by atoms with E-state index in [2.05, 4.69) is 5.32 Å². The van der Waals surface area contributed by atoms with Gasteiger partial charge in [0.2, 0.25) is 0 Å². The number of cyclic esters (lactones) is 1. The Morgan fingerprint density at radius 2 is 2.11 bits per heavy atom. The van der Waals surface area contributed by atoms with Gasteiger partial charge in [0.1, 0.15) is 0 Å². The molecule has 3 atom stereocenters. The van der Waals surface area contributed by atoms with Crippen molar-refractivity contribution in [2.45, 2.75) is 45.4 Å². The van der Waals surface area contributed by atoms with Crippen LogP contribution in [0.2, 0.25) is 0 Å². The second-order valence-electron chi connectivity index (χ2n) is 5.37. The highest BCUT2D eigenvalue weighted by atomic mass is 16.7. The first-order valence-corrected chi connectivity index (χ1v) is 6.62. The molecule has 1 aliphatic carbocycles. The topological polar surface area (TPSA) is 64.6 Å². The summed E-state index contributed by atoms with van der Waals surface area (Å²) < 4.78 is 10.6. The first-order valence-electron chi connectivity index (χ1n) is 6.62. The molecule has 19 heavy (non-hydrogen) atoms. The number of esters is 1. The second kappa shape index (κ2) is 4.40. The number of hydrogen-bond acceptors (Lipinski definition) is 4. The number of carbonyl (C=O) groups is 2. The molecular formula is C14H17NO4. The molecule has 1 N–H and O–H groups in total. The van der Waals surface area contributed by atoms with Gasteiger partial charge in [-0.3, -0.25) is 4.79 Å². The summed E-state index contributed by atoms with van der Waals surface area (Å²) in [6.07, 6.45) is 3.96. The third kappa shape index (κ3) is 1.93. The Kier molecular flexibility index (Phi) is 2.84. The third-order valence-electron chi connectivity index (χ3n) is 4.28. The van der Waals surface area contributed by atoms with Crippen LogP contribution in [0.1, 0.15) is 33.1 Å². The monoisotopic (exact) mass is 263 g/mol. The van der Waals surface area contributed by atoms with Crippen molar-refractivity contribution in [2.75, 3.05) is 0 Å². The molecule has 0 aromatic heterocycles. The maximum absolute atomic E-state index is 11.8. The summed E-state index contributed by atoms with van der Waals surface area (Å²) in [6, 6.07) is 0.256. The Balaban J connectivity index is 1.73. The molecule has 0 aromatic rings. The molecule has 0 aromatic carbocycles. The van der Waals surface area contributed by atoms with E-state index in [1.165, 1.54) is 6.26 Å². The van der Waals surface area contributed by atoms with Crippen LogP contribution in [0, 0.1) is 5.92 Å². The molecule has 3 unspecified atom stereocenters. The van der Waals surface area contributed by atoms with Crippen molar-refractivity contribution in [3.05, 3.63) is 23.0 Å². The van der Waals surface area contributed by atoms with Crippen LogP contribution in [0.4, 0.5) is 0 Å². The fourth-order valence-electron chi connectivity index (χ4n) is 2.94. The van der Waals surface area contributed by atoms with Crippen LogP contribution in [0.25, 0.3) is 0 Å². The van der Waals surface area contributed by atoms with Gasteiger partial charge in [-0.2, -0.15) is 0 Å². The quantitative estimate of drug-likeness (QED) is 0.465. The van der Waals surface area contributed by atoms with E-state index in [1.807, 2.05) is 0 Å². The van der Waals surface area contributed by atoms with Gasteiger partial charge < -0.3 is 14.8 Å². The largest absolute Gasteiger partial charge is 0.458 e. The average Bonchev–Trinajstić information content (AvgIpc) is 2.99. The molecule has 0 spiro atoms. The van der Waals surface area contributed by atoms with E-state index in [0.29, 0.717) is 11.1 Å². The van der Waals surface area contributed by atoms with Gasteiger partial charge >= 0.3 is 5.97 Å². The highest BCUT2D eigenvalue weighted by molar-refractivity contribution is 5.96. The lowest BCUT2D eigenvalue weighted by atomic mass is 10.00. The number of hydrogen-bond donors (Lipinski definition) is 1. The lowest BCUT2D eigenvalue weighted by Crippen LogP contribution is -2.25. The predicted octanol–water partition coefficient (Wildman–Crippen LogP) is 1.40. The van der Waals surface area contributed by atoms with Crippen molar-refractivity contribution in [3.63, 3.8) is 0 Å². The zero-order valence-electron chi connectivity index (χ0n) is 11.1. The van der Waals surface area contributed by atoms with Gasteiger partial charge in [0.05, 0.1) is 11.8 Å². The molecule has 5 heteroatoms. The van der Waals surface area contributed by atoms with Crippen molar-refractivity contribution in [1.29, 1.82) is 0 Å². The van der Waals surface area contributed by atoms with Crippen LogP contribution in [0.5, 0.6) is 0 Å². The summed E-state index contributed by atoms with van der Waals surface area (Å²) in [5.41, 5.74) is 2.03. The molecule has 2 heterocycles. The summed E-state index contributed by atoms with van der Waals surface area (Å²) in [5, 5.41) is 2.96. The molecule has 2 fully saturated rings. The Hall–Kier alpha value is -1.78. The molecule has 1 saturated carbocycles. The Morgan fingerprint density at radius 1 is 1.32 bits per heavy atom. The molecule has 5 nitrogen and oxygen atoms in total. The van der Waals surface area contributed by atoms with E-state index in [0.717, 1.165) is 24.8 Å². The number of carbonyl (C=O) groups excluding carboxylic acids is 2. The zero-order chi connectivity index (χ0) is 13.6. The smallest absolute Gasteiger partial charge is 0.337 e. The van der Waals surface area contributed by atoms with Crippen LogP contribution in [0.15, 0.2) is 23.0 Å². The maximum atomic E-state index is 11.8.